The first kappa shape index (κ1) is 22.5. The third kappa shape index (κ3) is 5.76. The summed E-state index contributed by atoms with van der Waals surface area (Å²) in [7, 11) is 1.91. The Morgan fingerprint density at radius 3 is 2.42 bits per heavy atom. The van der Waals surface area contributed by atoms with Gasteiger partial charge >= 0.3 is 0 Å². The van der Waals surface area contributed by atoms with Crippen LogP contribution in [0.5, 0.6) is 0 Å². The summed E-state index contributed by atoms with van der Waals surface area (Å²) in [6, 6.07) is 23.9. The summed E-state index contributed by atoms with van der Waals surface area (Å²) in [5.74, 6) is -0.0707. The molecule has 1 heterocycles. The predicted octanol–water partition coefficient (Wildman–Crippen LogP) is 5.22. The van der Waals surface area contributed by atoms with E-state index in [4.69, 9.17) is 0 Å². The second-order valence-corrected chi connectivity index (χ2v) is 8.46. The molecule has 0 unspecified atom stereocenters. The minimum atomic E-state index is -0.435. The van der Waals surface area contributed by atoms with E-state index < -0.39 is 6.04 Å². The largest absolute Gasteiger partial charge is 0.324 e. The molecule has 1 aromatic heterocycles. The van der Waals surface area contributed by atoms with Crippen LogP contribution in [0.25, 0.3) is 11.1 Å². The summed E-state index contributed by atoms with van der Waals surface area (Å²) >= 11 is 0. The van der Waals surface area contributed by atoms with Crippen molar-refractivity contribution in [1.82, 2.24) is 15.1 Å². The van der Waals surface area contributed by atoms with E-state index in [1.165, 1.54) is 11.1 Å². The van der Waals surface area contributed by atoms with Crippen molar-refractivity contribution in [2.45, 2.75) is 26.3 Å². The topological polar surface area (TPSA) is 59.0 Å². The number of aryl methyl sites for hydroxylation is 3. The number of nitrogens with zero attached hydrogens (tertiary/aromatic N) is 2. The Morgan fingerprint density at radius 2 is 1.76 bits per heavy atom. The summed E-state index contributed by atoms with van der Waals surface area (Å²) < 4.78 is 1.79. The second-order valence-electron chi connectivity index (χ2n) is 8.46. The molecule has 1 amide bonds. The van der Waals surface area contributed by atoms with Crippen molar-refractivity contribution in [2.24, 2.45) is 7.05 Å². The average molecular weight is 439 g/mol. The molecule has 5 nitrogen and oxygen atoms in total. The molecule has 0 spiro atoms. The van der Waals surface area contributed by atoms with Gasteiger partial charge in [0.15, 0.2) is 0 Å². The monoisotopic (exact) mass is 438 g/mol. The fourth-order valence-electron chi connectivity index (χ4n) is 3.96. The lowest BCUT2D eigenvalue weighted by Crippen LogP contribution is -2.34. The van der Waals surface area contributed by atoms with Crippen LogP contribution in [0, 0.1) is 13.8 Å². The molecule has 4 rings (SSSR count). The molecular formula is C28H30N4O. The summed E-state index contributed by atoms with van der Waals surface area (Å²) in [6.07, 6.45) is 4.70. The van der Waals surface area contributed by atoms with E-state index >= 15 is 0 Å². The van der Waals surface area contributed by atoms with Crippen LogP contribution in [-0.2, 0) is 18.3 Å². The number of anilines is 1. The summed E-state index contributed by atoms with van der Waals surface area (Å²) in [5, 5.41) is 10.8. The Kier molecular flexibility index (Phi) is 7.01. The number of carbonyl (C=O) groups is 1. The van der Waals surface area contributed by atoms with Crippen LogP contribution in [-0.4, -0.2) is 22.2 Å². The highest BCUT2D eigenvalue weighted by molar-refractivity contribution is 5.96. The SMILES string of the molecule is Cc1ccc(CCN[C@H](C(=O)Nc2ccc(-c3cnn(C)c3)c(C)c2)c2ccccc2)cc1. The van der Waals surface area contributed by atoms with Gasteiger partial charge in [-0.3, -0.25) is 9.48 Å². The number of hydrogen-bond donors (Lipinski definition) is 2. The molecule has 4 aromatic rings. The van der Waals surface area contributed by atoms with Gasteiger partial charge in [0.05, 0.1) is 6.20 Å². The maximum absolute atomic E-state index is 13.3. The number of nitrogens with one attached hydrogen (secondary N) is 2. The van der Waals surface area contributed by atoms with Crippen molar-refractivity contribution in [2.75, 3.05) is 11.9 Å². The lowest BCUT2D eigenvalue weighted by Gasteiger charge is -2.19. The van der Waals surface area contributed by atoms with E-state index in [0.29, 0.717) is 6.54 Å². The molecule has 2 N–H and O–H groups in total. The van der Waals surface area contributed by atoms with Gasteiger partial charge in [-0.05, 0) is 54.7 Å². The van der Waals surface area contributed by atoms with E-state index in [9.17, 15) is 4.79 Å². The molecule has 3 aromatic carbocycles. The zero-order chi connectivity index (χ0) is 23.2. The Hall–Kier alpha value is -3.70. The molecule has 0 bridgehead atoms. The van der Waals surface area contributed by atoms with Crippen LogP contribution in [0.2, 0.25) is 0 Å². The van der Waals surface area contributed by atoms with Crippen LogP contribution in [0.3, 0.4) is 0 Å². The van der Waals surface area contributed by atoms with Gasteiger partial charge in [-0.15, -0.1) is 0 Å². The van der Waals surface area contributed by atoms with Crippen molar-refractivity contribution >= 4 is 11.6 Å². The van der Waals surface area contributed by atoms with Gasteiger partial charge in [-0.2, -0.15) is 5.10 Å². The van der Waals surface area contributed by atoms with Crippen molar-refractivity contribution in [1.29, 1.82) is 0 Å². The molecule has 0 saturated carbocycles. The summed E-state index contributed by atoms with van der Waals surface area (Å²) in [5.41, 5.74) is 7.49. The predicted molar refractivity (Wildman–Crippen MR) is 134 cm³/mol. The number of carbonyl (C=O) groups excluding carboxylic acids is 1. The molecule has 0 aliphatic heterocycles. The Bertz CT molecular complexity index is 1210. The van der Waals surface area contributed by atoms with E-state index in [-0.39, 0.29) is 5.91 Å². The highest BCUT2D eigenvalue weighted by atomic mass is 16.2. The lowest BCUT2D eigenvalue weighted by molar-refractivity contribution is -0.118. The van der Waals surface area contributed by atoms with Crippen LogP contribution in [0.4, 0.5) is 5.69 Å². The van der Waals surface area contributed by atoms with Crippen LogP contribution in [0.15, 0.2) is 85.2 Å². The smallest absolute Gasteiger partial charge is 0.246 e. The van der Waals surface area contributed by atoms with Gasteiger partial charge < -0.3 is 10.6 Å². The molecular weight excluding hydrogens is 408 g/mol. The zero-order valence-corrected chi connectivity index (χ0v) is 19.4. The third-order valence-corrected chi connectivity index (χ3v) is 5.79. The number of benzene rings is 3. The van der Waals surface area contributed by atoms with Crippen LogP contribution < -0.4 is 10.6 Å². The van der Waals surface area contributed by atoms with E-state index in [1.807, 2.05) is 74.9 Å². The quantitative estimate of drug-likeness (QED) is 0.397. The zero-order valence-electron chi connectivity index (χ0n) is 19.4. The van der Waals surface area contributed by atoms with Gasteiger partial charge in [0, 0.05) is 31.0 Å². The van der Waals surface area contributed by atoms with Gasteiger partial charge in [0.2, 0.25) is 5.91 Å². The summed E-state index contributed by atoms with van der Waals surface area (Å²) in [6.45, 7) is 4.84. The summed E-state index contributed by atoms with van der Waals surface area (Å²) in [4.78, 5) is 13.3. The molecule has 0 radical (unpaired) electrons. The molecule has 33 heavy (non-hydrogen) atoms. The molecule has 0 fully saturated rings. The average Bonchev–Trinajstić information content (AvgIpc) is 3.24. The van der Waals surface area contributed by atoms with Crippen LogP contribution >= 0.6 is 0 Å². The van der Waals surface area contributed by atoms with Crippen molar-refractivity contribution in [3.63, 3.8) is 0 Å². The van der Waals surface area contributed by atoms with Crippen molar-refractivity contribution in [3.05, 3.63) is 107 Å². The Balaban J connectivity index is 1.47. The Morgan fingerprint density at radius 1 is 1.00 bits per heavy atom. The van der Waals surface area contributed by atoms with Gasteiger partial charge in [0.1, 0.15) is 6.04 Å². The molecule has 0 aliphatic carbocycles. The van der Waals surface area contributed by atoms with E-state index in [1.54, 1.807) is 4.68 Å². The molecule has 1 atom stereocenters. The van der Waals surface area contributed by atoms with Crippen LogP contribution in [0.1, 0.15) is 28.3 Å². The van der Waals surface area contributed by atoms with Crippen molar-refractivity contribution < 1.29 is 4.79 Å². The molecule has 0 aliphatic rings. The Labute approximate surface area is 195 Å². The van der Waals surface area contributed by atoms with Gasteiger partial charge in [-0.25, -0.2) is 0 Å². The minimum Gasteiger partial charge on any atom is -0.324 e. The second kappa shape index (κ2) is 10.3. The minimum absolute atomic E-state index is 0.0707. The molecule has 5 heteroatoms. The lowest BCUT2D eigenvalue weighted by atomic mass is 10.0. The van der Waals surface area contributed by atoms with Crippen molar-refractivity contribution in [3.8, 4) is 11.1 Å². The highest BCUT2D eigenvalue weighted by Crippen LogP contribution is 2.26. The van der Waals surface area contributed by atoms with Gasteiger partial charge in [0.25, 0.3) is 0 Å². The number of hydrogen-bond acceptors (Lipinski definition) is 3. The number of rotatable bonds is 8. The third-order valence-electron chi connectivity index (χ3n) is 5.79. The first-order chi connectivity index (χ1) is 16.0. The molecule has 0 saturated heterocycles. The highest BCUT2D eigenvalue weighted by Gasteiger charge is 2.20. The van der Waals surface area contributed by atoms with Gasteiger partial charge in [-0.1, -0.05) is 66.2 Å². The van der Waals surface area contributed by atoms with E-state index in [2.05, 4.69) is 46.9 Å². The number of aromatic nitrogens is 2. The fourth-order valence-corrected chi connectivity index (χ4v) is 3.96. The number of amides is 1. The normalized spacial score (nSPS) is 11.8. The first-order valence-electron chi connectivity index (χ1n) is 11.2. The van der Waals surface area contributed by atoms with E-state index in [0.717, 1.165) is 34.4 Å². The maximum Gasteiger partial charge on any atom is 0.246 e. The molecule has 168 valence electrons. The maximum atomic E-state index is 13.3. The standard InChI is InChI=1S/C28H30N4O/c1-20-9-11-22(12-10-20)15-16-29-27(23-7-5-4-6-8-23)28(33)31-25-13-14-26(21(2)17-25)24-18-30-32(3)19-24/h4-14,17-19,27,29H,15-16H2,1-3H3,(H,31,33)/t27-/m0/s1. The first-order valence-corrected chi connectivity index (χ1v) is 11.2. The fraction of sp³-hybridized carbons (Fsp3) is 0.214.